The summed E-state index contributed by atoms with van der Waals surface area (Å²) in [6, 6.07) is 7.83. The lowest BCUT2D eigenvalue weighted by atomic mass is 9.98. The fraction of sp³-hybridized carbons (Fsp3) is 0.200. The summed E-state index contributed by atoms with van der Waals surface area (Å²) < 4.78 is 32.2. The van der Waals surface area contributed by atoms with Gasteiger partial charge in [-0.2, -0.15) is 0 Å². The van der Waals surface area contributed by atoms with Crippen LogP contribution in [0.25, 0.3) is 0 Å². The largest absolute Gasteiger partial charge is 0.496 e. The highest BCUT2D eigenvalue weighted by Crippen LogP contribution is 2.30. The highest BCUT2D eigenvalue weighted by Gasteiger charge is 2.18. The van der Waals surface area contributed by atoms with Gasteiger partial charge in [-0.15, -0.1) is 0 Å². The van der Waals surface area contributed by atoms with Gasteiger partial charge in [0, 0.05) is 16.6 Å². The van der Waals surface area contributed by atoms with E-state index in [-0.39, 0.29) is 12.0 Å². The van der Waals surface area contributed by atoms with Gasteiger partial charge in [0.15, 0.2) is 0 Å². The molecule has 2 N–H and O–H groups in total. The Labute approximate surface area is 121 Å². The Kier molecular flexibility index (Phi) is 4.57. The third kappa shape index (κ3) is 3.08. The molecule has 20 heavy (non-hydrogen) atoms. The van der Waals surface area contributed by atoms with Crippen LogP contribution < -0.4 is 10.5 Å². The second-order valence-electron chi connectivity index (χ2n) is 4.40. The molecule has 0 heterocycles. The molecule has 0 saturated carbocycles. The predicted molar refractivity (Wildman–Crippen MR) is 75.0 cm³/mol. The quantitative estimate of drug-likeness (QED) is 0.930. The van der Waals surface area contributed by atoms with E-state index < -0.39 is 17.7 Å². The molecule has 2 aromatic rings. The van der Waals surface area contributed by atoms with Crippen molar-refractivity contribution in [2.24, 2.45) is 5.73 Å². The Hall–Kier alpha value is -1.65. The fourth-order valence-electron chi connectivity index (χ4n) is 2.09. The van der Waals surface area contributed by atoms with Crippen molar-refractivity contribution in [2.45, 2.75) is 12.5 Å². The molecule has 0 radical (unpaired) electrons. The molecular weight excluding hydrogens is 284 g/mol. The Morgan fingerprint density at radius 3 is 2.70 bits per heavy atom. The summed E-state index contributed by atoms with van der Waals surface area (Å²) in [4.78, 5) is 0. The van der Waals surface area contributed by atoms with E-state index in [9.17, 15) is 8.78 Å². The van der Waals surface area contributed by atoms with E-state index in [0.29, 0.717) is 16.3 Å². The van der Waals surface area contributed by atoms with E-state index in [2.05, 4.69) is 0 Å². The molecule has 0 saturated heterocycles. The van der Waals surface area contributed by atoms with Crippen LogP contribution in [0.3, 0.4) is 0 Å². The van der Waals surface area contributed by atoms with E-state index in [4.69, 9.17) is 22.1 Å². The van der Waals surface area contributed by atoms with Crippen LogP contribution in [0, 0.1) is 11.6 Å². The van der Waals surface area contributed by atoms with E-state index in [1.54, 1.807) is 12.1 Å². The van der Waals surface area contributed by atoms with Crippen molar-refractivity contribution in [2.75, 3.05) is 7.11 Å². The van der Waals surface area contributed by atoms with Crippen LogP contribution in [-0.4, -0.2) is 7.11 Å². The van der Waals surface area contributed by atoms with Gasteiger partial charge in [0.1, 0.15) is 17.4 Å². The summed E-state index contributed by atoms with van der Waals surface area (Å²) in [6.45, 7) is 0. The lowest BCUT2D eigenvalue weighted by molar-refractivity contribution is 0.399. The molecule has 0 spiro atoms. The molecule has 2 aromatic carbocycles. The number of halogens is 3. The van der Waals surface area contributed by atoms with Crippen LogP contribution in [0.4, 0.5) is 8.78 Å². The van der Waals surface area contributed by atoms with E-state index in [1.165, 1.54) is 31.4 Å². The molecule has 0 aliphatic heterocycles. The third-order valence-corrected chi connectivity index (χ3v) is 3.42. The van der Waals surface area contributed by atoms with Crippen molar-refractivity contribution in [3.8, 4) is 5.75 Å². The first-order valence-corrected chi connectivity index (χ1v) is 6.42. The van der Waals surface area contributed by atoms with Crippen molar-refractivity contribution in [3.05, 3.63) is 64.2 Å². The molecule has 0 aromatic heterocycles. The van der Waals surface area contributed by atoms with Crippen LogP contribution in [0.2, 0.25) is 5.02 Å². The molecule has 0 bridgehead atoms. The zero-order chi connectivity index (χ0) is 14.7. The van der Waals surface area contributed by atoms with Gasteiger partial charge in [-0.1, -0.05) is 17.7 Å². The van der Waals surface area contributed by atoms with Crippen LogP contribution in [-0.2, 0) is 6.42 Å². The lowest BCUT2D eigenvalue weighted by Crippen LogP contribution is -2.16. The number of methoxy groups -OCH3 is 1. The molecule has 106 valence electrons. The number of rotatable bonds is 4. The highest BCUT2D eigenvalue weighted by molar-refractivity contribution is 6.31. The van der Waals surface area contributed by atoms with Gasteiger partial charge in [-0.3, -0.25) is 0 Å². The average Bonchev–Trinajstić information content (AvgIpc) is 2.42. The summed E-state index contributed by atoms with van der Waals surface area (Å²) in [5.74, 6) is -0.494. The number of hydrogen-bond donors (Lipinski definition) is 1. The normalized spacial score (nSPS) is 12.2. The molecule has 2 rings (SSSR count). The van der Waals surface area contributed by atoms with Crippen molar-refractivity contribution in [1.82, 2.24) is 0 Å². The number of hydrogen-bond acceptors (Lipinski definition) is 2. The summed E-state index contributed by atoms with van der Waals surface area (Å²) in [7, 11) is 1.44. The molecule has 1 atom stereocenters. The first-order valence-electron chi connectivity index (χ1n) is 6.05. The van der Waals surface area contributed by atoms with Gasteiger partial charge in [0.05, 0.1) is 7.11 Å². The fourth-order valence-corrected chi connectivity index (χ4v) is 2.29. The summed E-state index contributed by atoms with van der Waals surface area (Å²) in [6.07, 6.45) is 0.216. The zero-order valence-corrected chi connectivity index (χ0v) is 11.6. The van der Waals surface area contributed by atoms with Crippen LogP contribution in [0.1, 0.15) is 17.2 Å². The minimum absolute atomic E-state index is 0.216. The first-order chi connectivity index (χ1) is 9.52. The minimum atomic E-state index is -0.676. The lowest BCUT2D eigenvalue weighted by Gasteiger charge is -2.17. The molecule has 1 unspecified atom stereocenters. The molecule has 5 heteroatoms. The molecular formula is C15H14ClF2NO. The highest BCUT2D eigenvalue weighted by atomic mass is 35.5. The standard InChI is InChI=1S/C15H14ClF2NO/c1-20-14-4-2-3-12(18)15(14)13(19)8-9-7-10(17)5-6-11(9)16/h2-7,13H,8,19H2,1H3. The first kappa shape index (κ1) is 14.8. The van der Waals surface area contributed by atoms with Crippen molar-refractivity contribution in [1.29, 1.82) is 0 Å². The van der Waals surface area contributed by atoms with Gasteiger partial charge in [0.25, 0.3) is 0 Å². The Balaban J connectivity index is 2.33. The Morgan fingerprint density at radius 1 is 1.25 bits per heavy atom. The Morgan fingerprint density at radius 2 is 2.00 bits per heavy atom. The maximum atomic E-state index is 13.9. The molecule has 0 amide bonds. The predicted octanol–water partition coefficient (Wildman–Crippen LogP) is 3.87. The topological polar surface area (TPSA) is 35.2 Å². The van der Waals surface area contributed by atoms with E-state index in [0.717, 1.165) is 0 Å². The van der Waals surface area contributed by atoms with Gasteiger partial charge < -0.3 is 10.5 Å². The zero-order valence-electron chi connectivity index (χ0n) is 10.9. The van der Waals surface area contributed by atoms with E-state index in [1.807, 2.05) is 0 Å². The molecule has 2 nitrogen and oxygen atoms in total. The van der Waals surface area contributed by atoms with Crippen LogP contribution >= 0.6 is 11.6 Å². The summed E-state index contributed by atoms with van der Waals surface area (Å²) >= 11 is 5.99. The summed E-state index contributed by atoms with van der Waals surface area (Å²) in [5.41, 5.74) is 6.81. The van der Waals surface area contributed by atoms with Gasteiger partial charge in [-0.05, 0) is 42.3 Å². The van der Waals surface area contributed by atoms with Crippen molar-refractivity contribution in [3.63, 3.8) is 0 Å². The number of nitrogens with two attached hydrogens (primary N) is 1. The maximum absolute atomic E-state index is 13.9. The van der Waals surface area contributed by atoms with Crippen molar-refractivity contribution < 1.29 is 13.5 Å². The summed E-state index contributed by atoms with van der Waals surface area (Å²) in [5, 5.41) is 0.400. The SMILES string of the molecule is COc1cccc(F)c1C(N)Cc1cc(F)ccc1Cl. The van der Waals surface area contributed by atoms with E-state index >= 15 is 0 Å². The van der Waals surface area contributed by atoms with Crippen LogP contribution in [0.5, 0.6) is 5.75 Å². The third-order valence-electron chi connectivity index (χ3n) is 3.05. The second kappa shape index (κ2) is 6.20. The number of ether oxygens (including phenoxy) is 1. The number of benzene rings is 2. The van der Waals surface area contributed by atoms with Gasteiger partial charge >= 0.3 is 0 Å². The second-order valence-corrected chi connectivity index (χ2v) is 4.81. The monoisotopic (exact) mass is 297 g/mol. The molecule has 0 fully saturated rings. The minimum Gasteiger partial charge on any atom is -0.496 e. The van der Waals surface area contributed by atoms with Crippen LogP contribution in [0.15, 0.2) is 36.4 Å². The maximum Gasteiger partial charge on any atom is 0.131 e. The van der Waals surface area contributed by atoms with Gasteiger partial charge in [0.2, 0.25) is 0 Å². The smallest absolute Gasteiger partial charge is 0.131 e. The molecule has 0 aliphatic rings. The molecule has 0 aliphatic carbocycles. The van der Waals surface area contributed by atoms with Crippen molar-refractivity contribution >= 4 is 11.6 Å². The average molecular weight is 298 g/mol. The van der Waals surface area contributed by atoms with Gasteiger partial charge in [-0.25, -0.2) is 8.78 Å². The Bertz CT molecular complexity index is 619.